The molecule has 1 saturated heterocycles. The van der Waals surface area contributed by atoms with E-state index >= 15 is 0 Å². The van der Waals surface area contributed by atoms with Crippen molar-refractivity contribution < 1.29 is 19.2 Å². The number of hydrogen-bond acceptors (Lipinski definition) is 4. The first-order valence-corrected chi connectivity index (χ1v) is 8.96. The lowest BCUT2D eigenvalue weighted by Gasteiger charge is -2.26. The molecular weight excluding hydrogens is 370 g/mol. The van der Waals surface area contributed by atoms with Crippen LogP contribution in [-0.2, 0) is 9.59 Å². The summed E-state index contributed by atoms with van der Waals surface area (Å²) in [4.78, 5) is 50.6. The van der Waals surface area contributed by atoms with Gasteiger partial charge in [-0.3, -0.25) is 24.3 Å². The van der Waals surface area contributed by atoms with Gasteiger partial charge < -0.3 is 0 Å². The Kier molecular flexibility index (Phi) is 4.35. The van der Waals surface area contributed by atoms with E-state index in [2.05, 4.69) is 5.32 Å². The molecule has 7 heteroatoms. The van der Waals surface area contributed by atoms with Gasteiger partial charge in [0.2, 0.25) is 5.91 Å². The van der Waals surface area contributed by atoms with Crippen molar-refractivity contribution in [3.8, 4) is 0 Å². The van der Waals surface area contributed by atoms with Crippen LogP contribution in [0.3, 0.4) is 0 Å². The van der Waals surface area contributed by atoms with Crippen molar-refractivity contribution in [3.63, 3.8) is 0 Å². The standard InChI is InChI=1S/C22H17N3O4/c1-13-7-9-16(10-8-13)25-21(28)18(20(27)23-22(25)29)11-15-12-24(14(2)26)19-6-4-3-5-17(15)19/h3-12H,1-2H3,(H,23,27,29). The van der Waals surface area contributed by atoms with Crippen LogP contribution >= 0.6 is 0 Å². The highest BCUT2D eigenvalue weighted by Crippen LogP contribution is 2.26. The van der Waals surface area contributed by atoms with E-state index in [-0.39, 0.29) is 11.5 Å². The quantitative estimate of drug-likeness (QED) is 0.540. The van der Waals surface area contributed by atoms with Gasteiger partial charge in [-0.15, -0.1) is 0 Å². The monoisotopic (exact) mass is 387 g/mol. The van der Waals surface area contributed by atoms with Gasteiger partial charge in [0.1, 0.15) is 5.57 Å². The summed E-state index contributed by atoms with van der Waals surface area (Å²) < 4.78 is 1.45. The van der Waals surface area contributed by atoms with Crippen LogP contribution in [0.1, 0.15) is 22.8 Å². The fourth-order valence-electron chi connectivity index (χ4n) is 3.32. The molecular formula is C22H17N3O4. The zero-order valence-corrected chi connectivity index (χ0v) is 15.8. The normalized spacial score (nSPS) is 15.9. The van der Waals surface area contributed by atoms with Crippen LogP contribution < -0.4 is 10.2 Å². The van der Waals surface area contributed by atoms with Crippen molar-refractivity contribution >= 4 is 46.4 Å². The fourth-order valence-corrected chi connectivity index (χ4v) is 3.32. The van der Waals surface area contributed by atoms with Crippen molar-refractivity contribution in [2.75, 3.05) is 4.90 Å². The number of carbonyl (C=O) groups excluding carboxylic acids is 4. The first-order valence-electron chi connectivity index (χ1n) is 8.96. The highest BCUT2D eigenvalue weighted by Gasteiger charge is 2.37. The maximum Gasteiger partial charge on any atom is 0.335 e. The number of urea groups is 1. The van der Waals surface area contributed by atoms with E-state index in [0.29, 0.717) is 16.8 Å². The number of amides is 4. The fraction of sp³-hybridized carbons (Fsp3) is 0.0909. The summed E-state index contributed by atoms with van der Waals surface area (Å²) in [5, 5.41) is 2.92. The molecule has 1 N–H and O–H groups in total. The Balaban J connectivity index is 1.83. The smallest absolute Gasteiger partial charge is 0.287 e. The molecule has 3 aromatic rings. The van der Waals surface area contributed by atoms with E-state index in [9.17, 15) is 19.2 Å². The highest BCUT2D eigenvalue weighted by atomic mass is 16.2. The van der Waals surface area contributed by atoms with Gasteiger partial charge in [-0.1, -0.05) is 35.9 Å². The zero-order chi connectivity index (χ0) is 20.7. The molecule has 1 aliphatic heterocycles. The minimum atomic E-state index is -0.799. The molecule has 1 fully saturated rings. The Hall–Kier alpha value is -4.00. The van der Waals surface area contributed by atoms with Gasteiger partial charge >= 0.3 is 6.03 Å². The molecule has 4 amide bonds. The SMILES string of the molecule is CC(=O)n1cc(C=C2C(=O)NC(=O)N(c3ccc(C)cc3)C2=O)c2ccccc21. The number of carbonyl (C=O) groups is 4. The third-order valence-electron chi connectivity index (χ3n) is 4.78. The van der Waals surface area contributed by atoms with Crippen LogP contribution in [0.25, 0.3) is 17.0 Å². The number of rotatable bonds is 2. The molecule has 144 valence electrons. The number of nitrogens with zero attached hydrogens (tertiary/aromatic N) is 2. The molecule has 0 radical (unpaired) electrons. The first-order chi connectivity index (χ1) is 13.9. The summed E-state index contributed by atoms with van der Waals surface area (Å²) in [6.07, 6.45) is 2.99. The number of anilines is 1. The zero-order valence-electron chi connectivity index (χ0n) is 15.8. The van der Waals surface area contributed by atoms with Gasteiger partial charge in [0.05, 0.1) is 11.2 Å². The van der Waals surface area contributed by atoms with Gasteiger partial charge in [0, 0.05) is 24.1 Å². The molecule has 1 aliphatic rings. The lowest BCUT2D eigenvalue weighted by Crippen LogP contribution is -2.54. The molecule has 2 heterocycles. The predicted octanol–water partition coefficient (Wildman–Crippen LogP) is 3.28. The van der Waals surface area contributed by atoms with E-state index < -0.39 is 17.8 Å². The van der Waals surface area contributed by atoms with Crippen LogP contribution in [0.15, 0.2) is 60.3 Å². The second-order valence-electron chi connectivity index (χ2n) is 6.78. The van der Waals surface area contributed by atoms with Crippen molar-refractivity contribution in [1.82, 2.24) is 9.88 Å². The van der Waals surface area contributed by atoms with Gasteiger partial charge in [-0.05, 0) is 31.2 Å². The maximum absolute atomic E-state index is 13.0. The number of nitrogens with one attached hydrogen (secondary N) is 1. The lowest BCUT2D eigenvalue weighted by atomic mass is 10.1. The van der Waals surface area contributed by atoms with Crippen LogP contribution in [0.4, 0.5) is 10.5 Å². The Bertz CT molecular complexity index is 1220. The average Bonchev–Trinajstić information content (AvgIpc) is 3.05. The van der Waals surface area contributed by atoms with Gasteiger partial charge in [0.15, 0.2) is 0 Å². The summed E-state index contributed by atoms with van der Waals surface area (Å²) >= 11 is 0. The third-order valence-corrected chi connectivity index (χ3v) is 4.78. The van der Waals surface area contributed by atoms with Crippen molar-refractivity contribution in [2.24, 2.45) is 0 Å². The Labute approximate surface area is 166 Å². The molecule has 2 aromatic carbocycles. The number of aryl methyl sites for hydroxylation is 1. The average molecular weight is 387 g/mol. The Morgan fingerprint density at radius 3 is 2.38 bits per heavy atom. The predicted molar refractivity (Wildman–Crippen MR) is 108 cm³/mol. The van der Waals surface area contributed by atoms with Gasteiger partial charge in [-0.25, -0.2) is 9.69 Å². The number of para-hydroxylation sites is 1. The van der Waals surface area contributed by atoms with Crippen molar-refractivity contribution in [1.29, 1.82) is 0 Å². The van der Waals surface area contributed by atoms with E-state index in [1.165, 1.54) is 17.6 Å². The third kappa shape index (κ3) is 3.12. The molecule has 7 nitrogen and oxygen atoms in total. The molecule has 0 spiro atoms. The topological polar surface area (TPSA) is 88.5 Å². The molecule has 0 saturated carbocycles. The largest absolute Gasteiger partial charge is 0.335 e. The van der Waals surface area contributed by atoms with Crippen molar-refractivity contribution in [2.45, 2.75) is 13.8 Å². The van der Waals surface area contributed by atoms with E-state index in [1.54, 1.807) is 54.7 Å². The molecule has 0 atom stereocenters. The van der Waals surface area contributed by atoms with Crippen LogP contribution in [-0.4, -0.2) is 28.3 Å². The summed E-state index contributed by atoms with van der Waals surface area (Å²) in [5.41, 5.74) is 2.36. The molecule has 0 bridgehead atoms. The molecule has 0 unspecified atom stereocenters. The van der Waals surface area contributed by atoms with Crippen molar-refractivity contribution in [3.05, 3.63) is 71.4 Å². The van der Waals surface area contributed by atoms with Crippen LogP contribution in [0.5, 0.6) is 0 Å². The lowest BCUT2D eigenvalue weighted by molar-refractivity contribution is -0.122. The number of fused-ring (bicyclic) bond motifs is 1. The summed E-state index contributed by atoms with van der Waals surface area (Å²) in [5.74, 6) is -1.69. The minimum absolute atomic E-state index is 0.184. The van der Waals surface area contributed by atoms with Crippen LogP contribution in [0, 0.1) is 6.92 Å². The molecule has 29 heavy (non-hydrogen) atoms. The Morgan fingerprint density at radius 2 is 1.69 bits per heavy atom. The minimum Gasteiger partial charge on any atom is -0.287 e. The van der Waals surface area contributed by atoms with Crippen LogP contribution in [0.2, 0.25) is 0 Å². The van der Waals surface area contributed by atoms with E-state index in [4.69, 9.17) is 0 Å². The number of aromatic nitrogens is 1. The molecule has 4 rings (SSSR count). The Morgan fingerprint density at radius 1 is 1.00 bits per heavy atom. The number of barbiturate groups is 1. The van der Waals surface area contributed by atoms with Gasteiger partial charge in [-0.2, -0.15) is 0 Å². The van der Waals surface area contributed by atoms with E-state index in [1.807, 2.05) is 6.92 Å². The van der Waals surface area contributed by atoms with Gasteiger partial charge in [0.25, 0.3) is 11.8 Å². The maximum atomic E-state index is 13.0. The number of hydrogen-bond donors (Lipinski definition) is 1. The molecule has 1 aromatic heterocycles. The number of imide groups is 2. The highest BCUT2D eigenvalue weighted by molar-refractivity contribution is 6.39. The summed E-state index contributed by atoms with van der Waals surface area (Å²) in [6.45, 7) is 3.32. The second kappa shape index (κ2) is 6.87. The summed E-state index contributed by atoms with van der Waals surface area (Å²) in [6, 6.07) is 13.2. The second-order valence-corrected chi connectivity index (χ2v) is 6.78. The summed E-state index contributed by atoms with van der Waals surface area (Å²) in [7, 11) is 0. The van der Waals surface area contributed by atoms with E-state index in [0.717, 1.165) is 15.8 Å². The number of benzene rings is 2. The first kappa shape index (κ1) is 18.4. The molecule has 0 aliphatic carbocycles.